The summed E-state index contributed by atoms with van der Waals surface area (Å²) in [4.78, 5) is 2.53. The second-order valence-electron chi connectivity index (χ2n) is 3.91. The van der Waals surface area contributed by atoms with Crippen LogP contribution in [-0.2, 0) is 0 Å². The van der Waals surface area contributed by atoms with Crippen molar-refractivity contribution < 1.29 is 0 Å². The van der Waals surface area contributed by atoms with Crippen molar-refractivity contribution in [2.45, 2.75) is 6.92 Å². The van der Waals surface area contributed by atoms with E-state index in [1.807, 2.05) is 6.07 Å². The van der Waals surface area contributed by atoms with E-state index in [0.717, 1.165) is 4.47 Å². The zero-order valence-electron chi connectivity index (χ0n) is 9.61. The lowest BCUT2D eigenvalue weighted by atomic mass is 10.2. The Kier molecular flexibility index (Phi) is 4.15. The van der Waals surface area contributed by atoms with Gasteiger partial charge in [0.15, 0.2) is 0 Å². The first kappa shape index (κ1) is 12.6. The molecule has 0 radical (unpaired) electrons. The highest BCUT2D eigenvalue weighted by atomic mass is 79.9. The standard InChI is InChI=1S/C14H14BrNS/c1-10(9-16)7-13-5-6-14(17-13)11-3-2-4-12(15)8-11/h2-8H,9,16H2,1H3. The summed E-state index contributed by atoms with van der Waals surface area (Å²) in [5, 5.41) is 0. The van der Waals surface area contributed by atoms with Crippen LogP contribution in [-0.4, -0.2) is 6.54 Å². The molecule has 0 aliphatic rings. The van der Waals surface area contributed by atoms with Crippen molar-refractivity contribution in [3.63, 3.8) is 0 Å². The molecule has 0 aliphatic carbocycles. The highest BCUT2D eigenvalue weighted by molar-refractivity contribution is 9.10. The summed E-state index contributed by atoms with van der Waals surface area (Å²) >= 11 is 5.28. The average Bonchev–Trinajstić information content (AvgIpc) is 2.77. The summed E-state index contributed by atoms with van der Waals surface area (Å²) in [5.74, 6) is 0. The first-order valence-electron chi connectivity index (χ1n) is 5.42. The normalized spacial score (nSPS) is 11.8. The third-order valence-electron chi connectivity index (χ3n) is 2.45. The van der Waals surface area contributed by atoms with E-state index in [1.54, 1.807) is 11.3 Å². The fraction of sp³-hybridized carbons (Fsp3) is 0.143. The fourth-order valence-electron chi connectivity index (χ4n) is 1.53. The Morgan fingerprint density at radius 2 is 2.18 bits per heavy atom. The summed E-state index contributed by atoms with van der Waals surface area (Å²) in [6.45, 7) is 2.67. The molecule has 0 aliphatic heterocycles. The van der Waals surface area contributed by atoms with Crippen molar-refractivity contribution in [3.8, 4) is 10.4 Å². The van der Waals surface area contributed by atoms with Crippen molar-refractivity contribution in [3.05, 3.63) is 51.3 Å². The van der Waals surface area contributed by atoms with Gasteiger partial charge in [-0.2, -0.15) is 0 Å². The molecule has 0 saturated carbocycles. The highest BCUT2D eigenvalue weighted by Gasteiger charge is 2.02. The average molecular weight is 308 g/mol. The molecule has 17 heavy (non-hydrogen) atoms. The molecule has 2 aromatic rings. The molecule has 3 heteroatoms. The van der Waals surface area contributed by atoms with Gasteiger partial charge in [-0.15, -0.1) is 11.3 Å². The van der Waals surface area contributed by atoms with E-state index in [4.69, 9.17) is 5.73 Å². The SMILES string of the molecule is CC(=Cc1ccc(-c2cccc(Br)c2)s1)CN. The van der Waals surface area contributed by atoms with Crippen LogP contribution in [0.1, 0.15) is 11.8 Å². The van der Waals surface area contributed by atoms with Gasteiger partial charge in [-0.1, -0.05) is 33.6 Å². The molecule has 88 valence electrons. The lowest BCUT2D eigenvalue weighted by Gasteiger charge is -1.97. The Hall–Kier alpha value is -0.900. The van der Waals surface area contributed by atoms with Crippen molar-refractivity contribution in [2.24, 2.45) is 5.73 Å². The number of halogens is 1. The van der Waals surface area contributed by atoms with Crippen LogP contribution in [0.5, 0.6) is 0 Å². The van der Waals surface area contributed by atoms with E-state index in [9.17, 15) is 0 Å². The smallest absolute Gasteiger partial charge is 0.0349 e. The van der Waals surface area contributed by atoms with Crippen LogP contribution in [0, 0.1) is 0 Å². The topological polar surface area (TPSA) is 26.0 Å². The Labute approximate surface area is 114 Å². The second-order valence-corrected chi connectivity index (χ2v) is 5.94. The van der Waals surface area contributed by atoms with Crippen LogP contribution in [0.25, 0.3) is 16.5 Å². The maximum absolute atomic E-state index is 5.59. The molecule has 0 saturated heterocycles. The van der Waals surface area contributed by atoms with Crippen LogP contribution >= 0.6 is 27.3 Å². The molecule has 0 spiro atoms. The zero-order chi connectivity index (χ0) is 12.3. The molecule has 1 aromatic carbocycles. The third kappa shape index (κ3) is 3.28. The van der Waals surface area contributed by atoms with Crippen LogP contribution in [0.3, 0.4) is 0 Å². The maximum Gasteiger partial charge on any atom is 0.0349 e. The van der Waals surface area contributed by atoms with Gasteiger partial charge in [-0.05, 0) is 42.8 Å². The maximum atomic E-state index is 5.59. The molecule has 0 fully saturated rings. The monoisotopic (exact) mass is 307 g/mol. The predicted molar refractivity (Wildman–Crippen MR) is 80.2 cm³/mol. The first-order chi connectivity index (χ1) is 8.19. The van der Waals surface area contributed by atoms with Crippen LogP contribution in [0.2, 0.25) is 0 Å². The van der Waals surface area contributed by atoms with Crippen molar-refractivity contribution in [1.29, 1.82) is 0 Å². The molecular weight excluding hydrogens is 294 g/mol. The van der Waals surface area contributed by atoms with E-state index in [1.165, 1.54) is 20.9 Å². The lowest BCUT2D eigenvalue weighted by Crippen LogP contribution is -1.98. The highest BCUT2D eigenvalue weighted by Crippen LogP contribution is 2.30. The Bertz CT molecular complexity index is 543. The number of hydrogen-bond acceptors (Lipinski definition) is 2. The number of benzene rings is 1. The fourth-order valence-corrected chi connectivity index (χ4v) is 2.96. The minimum absolute atomic E-state index is 0.615. The quantitative estimate of drug-likeness (QED) is 0.885. The van der Waals surface area contributed by atoms with Gasteiger partial charge in [0, 0.05) is 20.8 Å². The molecule has 0 atom stereocenters. The van der Waals surface area contributed by atoms with Gasteiger partial charge in [-0.25, -0.2) is 0 Å². The van der Waals surface area contributed by atoms with Gasteiger partial charge in [0.25, 0.3) is 0 Å². The summed E-state index contributed by atoms with van der Waals surface area (Å²) in [6, 6.07) is 12.6. The van der Waals surface area contributed by atoms with Crippen LogP contribution < -0.4 is 5.73 Å². The van der Waals surface area contributed by atoms with Crippen molar-refractivity contribution in [2.75, 3.05) is 6.54 Å². The Balaban J connectivity index is 2.30. The van der Waals surface area contributed by atoms with Gasteiger partial charge >= 0.3 is 0 Å². The number of rotatable bonds is 3. The summed E-state index contributed by atoms with van der Waals surface area (Å²) in [7, 11) is 0. The van der Waals surface area contributed by atoms with Gasteiger partial charge in [0.2, 0.25) is 0 Å². The van der Waals surface area contributed by atoms with E-state index in [-0.39, 0.29) is 0 Å². The summed E-state index contributed by atoms with van der Waals surface area (Å²) in [5.41, 5.74) is 8.03. The molecule has 2 rings (SSSR count). The number of thiophene rings is 1. The largest absolute Gasteiger partial charge is 0.327 e. The van der Waals surface area contributed by atoms with E-state index in [2.05, 4.69) is 59.3 Å². The molecule has 1 nitrogen and oxygen atoms in total. The molecule has 2 N–H and O–H groups in total. The number of nitrogens with two attached hydrogens (primary N) is 1. The second kappa shape index (κ2) is 5.63. The third-order valence-corrected chi connectivity index (χ3v) is 4.02. The van der Waals surface area contributed by atoms with E-state index < -0.39 is 0 Å². The Morgan fingerprint density at radius 3 is 2.88 bits per heavy atom. The van der Waals surface area contributed by atoms with E-state index >= 15 is 0 Å². The molecule has 0 unspecified atom stereocenters. The Morgan fingerprint density at radius 1 is 1.35 bits per heavy atom. The van der Waals surface area contributed by atoms with Gasteiger partial charge < -0.3 is 5.73 Å². The molecule has 0 bridgehead atoms. The van der Waals surface area contributed by atoms with Gasteiger partial charge in [0.1, 0.15) is 0 Å². The molecule has 1 aromatic heterocycles. The van der Waals surface area contributed by atoms with E-state index in [0.29, 0.717) is 6.54 Å². The first-order valence-corrected chi connectivity index (χ1v) is 7.03. The lowest BCUT2D eigenvalue weighted by molar-refractivity contribution is 1.15. The number of hydrogen-bond donors (Lipinski definition) is 1. The van der Waals surface area contributed by atoms with Gasteiger partial charge in [0.05, 0.1) is 0 Å². The zero-order valence-corrected chi connectivity index (χ0v) is 12.0. The molecule has 1 heterocycles. The predicted octanol–water partition coefficient (Wildman–Crippen LogP) is 4.54. The van der Waals surface area contributed by atoms with Gasteiger partial charge in [-0.3, -0.25) is 0 Å². The summed E-state index contributed by atoms with van der Waals surface area (Å²) < 4.78 is 1.11. The van der Waals surface area contributed by atoms with Crippen LogP contribution in [0.4, 0.5) is 0 Å². The van der Waals surface area contributed by atoms with Crippen LogP contribution in [0.15, 0.2) is 46.4 Å². The molecular formula is C14H14BrNS. The molecule has 0 amide bonds. The minimum atomic E-state index is 0.615. The minimum Gasteiger partial charge on any atom is -0.327 e. The van der Waals surface area contributed by atoms with Crippen molar-refractivity contribution in [1.82, 2.24) is 0 Å². The van der Waals surface area contributed by atoms with Crippen molar-refractivity contribution >= 4 is 33.3 Å². The summed E-state index contributed by atoms with van der Waals surface area (Å²) in [6.07, 6.45) is 2.14.